The summed E-state index contributed by atoms with van der Waals surface area (Å²) in [5, 5.41) is 9.20. The van der Waals surface area contributed by atoms with Gasteiger partial charge in [-0.1, -0.05) is 12.1 Å². The van der Waals surface area contributed by atoms with Crippen LogP contribution in [-0.2, 0) is 6.54 Å². The smallest absolute Gasteiger partial charge is 0.0460 e. The van der Waals surface area contributed by atoms with Crippen LogP contribution in [0.15, 0.2) is 24.3 Å². The van der Waals surface area contributed by atoms with E-state index < -0.39 is 0 Å². The van der Waals surface area contributed by atoms with E-state index in [0.717, 1.165) is 32.5 Å². The van der Waals surface area contributed by atoms with Gasteiger partial charge in [-0.05, 0) is 62.4 Å². The van der Waals surface area contributed by atoms with Crippen LogP contribution in [0.1, 0.15) is 31.2 Å². The van der Waals surface area contributed by atoms with E-state index in [4.69, 9.17) is 0 Å². The maximum absolute atomic E-state index is 9.20. The number of aliphatic hydroxyl groups excluding tert-OH is 1. The van der Waals surface area contributed by atoms with Crippen molar-refractivity contribution in [3.63, 3.8) is 0 Å². The van der Waals surface area contributed by atoms with Gasteiger partial charge in [0.1, 0.15) is 0 Å². The quantitative estimate of drug-likeness (QED) is 0.914. The fourth-order valence-electron chi connectivity index (χ4n) is 3.38. The van der Waals surface area contributed by atoms with E-state index in [9.17, 15) is 5.11 Å². The number of rotatable bonds is 4. The summed E-state index contributed by atoms with van der Waals surface area (Å²) < 4.78 is 0. The van der Waals surface area contributed by atoms with Crippen molar-refractivity contribution in [2.75, 3.05) is 37.7 Å². The highest BCUT2D eigenvalue weighted by Crippen LogP contribution is 2.24. The first kappa shape index (κ1) is 13.9. The van der Waals surface area contributed by atoms with Gasteiger partial charge >= 0.3 is 0 Å². The molecule has 0 bridgehead atoms. The normalized spacial score (nSPS) is 21.6. The third-order valence-corrected chi connectivity index (χ3v) is 4.78. The largest absolute Gasteiger partial charge is 0.396 e. The van der Waals surface area contributed by atoms with Crippen molar-refractivity contribution < 1.29 is 5.11 Å². The molecule has 1 aromatic carbocycles. The summed E-state index contributed by atoms with van der Waals surface area (Å²) in [6, 6.07) is 9.10. The maximum atomic E-state index is 9.20. The van der Waals surface area contributed by atoms with Gasteiger partial charge in [-0.15, -0.1) is 0 Å². The zero-order valence-corrected chi connectivity index (χ0v) is 12.3. The van der Waals surface area contributed by atoms with Crippen molar-refractivity contribution in [3.05, 3.63) is 29.8 Å². The Morgan fingerprint density at radius 1 is 0.950 bits per heavy atom. The van der Waals surface area contributed by atoms with E-state index in [1.807, 2.05) is 0 Å². The summed E-state index contributed by atoms with van der Waals surface area (Å²) in [6.45, 7) is 6.13. The Morgan fingerprint density at radius 3 is 2.20 bits per heavy atom. The molecule has 0 unspecified atom stereocenters. The molecule has 3 nitrogen and oxygen atoms in total. The molecule has 2 saturated heterocycles. The predicted molar refractivity (Wildman–Crippen MR) is 83.0 cm³/mol. The molecular weight excluding hydrogens is 248 g/mol. The first-order valence-corrected chi connectivity index (χ1v) is 8.02. The minimum absolute atomic E-state index is 0.350. The number of piperidine rings is 1. The predicted octanol–water partition coefficient (Wildman–Crippen LogP) is 2.49. The van der Waals surface area contributed by atoms with Crippen LogP contribution in [0.4, 0.5) is 5.69 Å². The third-order valence-electron chi connectivity index (χ3n) is 4.78. The molecule has 0 atom stereocenters. The van der Waals surface area contributed by atoms with Gasteiger partial charge in [0.05, 0.1) is 0 Å². The summed E-state index contributed by atoms with van der Waals surface area (Å²) in [5.41, 5.74) is 2.77. The number of nitrogens with zero attached hydrogens (tertiary/aromatic N) is 2. The van der Waals surface area contributed by atoms with Gasteiger partial charge in [0.15, 0.2) is 0 Å². The molecule has 1 N–H and O–H groups in total. The highest BCUT2D eigenvalue weighted by atomic mass is 16.3. The van der Waals surface area contributed by atoms with Crippen molar-refractivity contribution in [2.24, 2.45) is 5.92 Å². The summed E-state index contributed by atoms with van der Waals surface area (Å²) >= 11 is 0. The minimum Gasteiger partial charge on any atom is -0.396 e. The van der Waals surface area contributed by atoms with Gasteiger partial charge in [-0.2, -0.15) is 0 Å². The first-order chi connectivity index (χ1) is 9.85. The highest BCUT2D eigenvalue weighted by molar-refractivity contribution is 5.48. The SMILES string of the molecule is OCC1CCN(c2ccc(CN3CCCC3)cc2)CC1. The van der Waals surface area contributed by atoms with Gasteiger partial charge < -0.3 is 10.0 Å². The molecule has 3 rings (SSSR count). The van der Waals surface area contributed by atoms with Crippen LogP contribution in [0.5, 0.6) is 0 Å². The van der Waals surface area contributed by atoms with Gasteiger partial charge in [0.25, 0.3) is 0 Å². The average Bonchev–Trinajstić information content (AvgIpc) is 3.01. The lowest BCUT2D eigenvalue weighted by Crippen LogP contribution is -2.34. The van der Waals surface area contributed by atoms with Crippen LogP contribution in [0.25, 0.3) is 0 Å². The van der Waals surface area contributed by atoms with Crippen LogP contribution >= 0.6 is 0 Å². The van der Waals surface area contributed by atoms with Gasteiger partial charge in [0, 0.05) is 31.9 Å². The Morgan fingerprint density at radius 2 is 1.60 bits per heavy atom. The molecule has 1 aromatic rings. The second-order valence-electron chi connectivity index (χ2n) is 6.26. The van der Waals surface area contributed by atoms with E-state index in [1.165, 1.54) is 37.2 Å². The van der Waals surface area contributed by atoms with Crippen molar-refractivity contribution in [1.82, 2.24) is 4.90 Å². The molecule has 0 amide bonds. The van der Waals surface area contributed by atoms with E-state index in [-0.39, 0.29) is 0 Å². The van der Waals surface area contributed by atoms with E-state index in [1.54, 1.807) is 0 Å². The Hall–Kier alpha value is -1.06. The fraction of sp³-hybridized carbons (Fsp3) is 0.647. The van der Waals surface area contributed by atoms with Crippen LogP contribution in [-0.4, -0.2) is 42.8 Å². The zero-order valence-electron chi connectivity index (χ0n) is 12.3. The number of anilines is 1. The van der Waals surface area contributed by atoms with Crippen molar-refractivity contribution >= 4 is 5.69 Å². The molecule has 2 fully saturated rings. The monoisotopic (exact) mass is 274 g/mol. The van der Waals surface area contributed by atoms with E-state index in [0.29, 0.717) is 12.5 Å². The molecule has 110 valence electrons. The Bertz CT molecular complexity index is 404. The minimum atomic E-state index is 0.350. The summed E-state index contributed by atoms with van der Waals surface area (Å²) in [7, 11) is 0. The molecule has 3 heteroatoms. The Kier molecular flexibility index (Phi) is 4.58. The third kappa shape index (κ3) is 3.33. The molecule has 0 saturated carbocycles. The van der Waals surface area contributed by atoms with E-state index in [2.05, 4.69) is 34.1 Å². The van der Waals surface area contributed by atoms with Crippen molar-refractivity contribution in [1.29, 1.82) is 0 Å². The second kappa shape index (κ2) is 6.59. The molecular formula is C17H26N2O. The second-order valence-corrected chi connectivity index (χ2v) is 6.26. The lowest BCUT2D eigenvalue weighted by atomic mass is 9.97. The molecule has 0 spiro atoms. The zero-order chi connectivity index (χ0) is 13.8. The number of aliphatic hydroxyl groups is 1. The summed E-state index contributed by atoms with van der Waals surface area (Å²) in [4.78, 5) is 4.99. The van der Waals surface area contributed by atoms with E-state index >= 15 is 0 Å². The molecule has 2 heterocycles. The standard InChI is InChI=1S/C17H26N2O/c20-14-16-7-11-19(12-8-16)17-5-3-15(4-6-17)13-18-9-1-2-10-18/h3-6,16,20H,1-2,7-14H2. The number of likely N-dealkylation sites (tertiary alicyclic amines) is 1. The Balaban J connectivity index is 1.55. The first-order valence-electron chi connectivity index (χ1n) is 8.02. The van der Waals surface area contributed by atoms with Crippen LogP contribution in [0.2, 0.25) is 0 Å². The number of hydrogen-bond acceptors (Lipinski definition) is 3. The van der Waals surface area contributed by atoms with Crippen LogP contribution < -0.4 is 4.90 Å². The van der Waals surface area contributed by atoms with Gasteiger partial charge in [-0.3, -0.25) is 4.90 Å². The summed E-state index contributed by atoms with van der Waals surface area (Å²) in [6.07, 6.45) is 4.95. The van der Waals surface area contributed by atoms with Crippen molar-refractivity contribution in [2.45, 2.75) is 32.2 Å². The average molecular weight is 274 g/mol. The maximum Gasteiger partial charge on any atom is 0.0460 e. The Labute approximate surface area is 122 Å². The van der Waals surface area contributed by atoms with Gasteiger partial charge in [0.2, 0.25) is 0 Å². The van der Waals surface area contributed by atoms with Crippen LogP contribution in [0.3, 0.4) is 0 Å². The molecule has 2 aliphatic heterocycles. The topological polar surface area (TPSA) is 26.7 Å². The molecule has 2 aliphatic rings. The molecule has 0 aliphatic carbocycles. The molecule has 0 radical (unpaired) electrons. The number of benzene rings is 1. The number of hydrogen-bond donors (Lipinski definition) is 1. The molecule has 20 heavy (non-hydrogen) atoms. The lowest BCUT2D eigenvalue weighted by Gasteiger charge is -2.33. The summed E-state index contributed by atoms with van der Waals surface area (Å²) in [5.74, 6) is 0.515. The fourth-order valence-corrected chi connectivity index (χ4v) is 3.38. The highest BCUT2D eigenvalue weighted by Gasteiger charge is 2.18. The van der Waals surface area contributed by atoms with Crippen molar-refractivity contribution in [3.8, 4) is 0 Å². The molecule has 0 aromatic heterocycles. The lowest BCUT2D eigenvalue weighted by molar-refractivity contribution is 0.203. The van der Waals surface area contributed by atoms with Gasteiger partial charge in [-0.25, -0.2) is 0 Å². The van der Waals surface area contributed by atoms with Crippen LogP contribution in [0, 0.1) is 5.92 Å².